The molecule has 166 valence electrons. The van der Waals surface area contributed by atoms with Crippen molar-refractivity contribution < 1.29 is 23.9 Å². The molecule has 8 nitrogen and oxygen atoms in total. The maximum Gasteiger partial charge on any atom is 0.286 e. The number of nitrogens with zero attached hydrogens (tertiary/aromatic N) is 1. The van der Waals surface area contributed by atoms with Gasteiger partial charge in [0, 0.05) is 11.1 Å². The van der Waals surface area contributed by atoms with Gasteiger partial charge in [-0.15, -0.1) is 0 Å². The fourth-order valence-corrected chi connectivity index (χ4v) is 3.09. The van der Waals surface area contributed by atoms with Gasteiger partial charge in [0.1, 0.15) is 11.3 Å². The van der Waals surface area contributed by atoms with Gasteiger partial charge in [-0.3, -0.25) is 14.9 Å². The zero-order valence-electron chi connectivity index (χ0n) is 17.7. The molecular weight excluding hydrogens is 436 g/mol. The first kappa shape index (κ1) is 22.9. The molecule has 0 unspecified atom stereocenters. The summed E-state index contributed by atoms with van der Waals surface area (Å²) in [6, 6.07) is 14.5. The molecule has 0 saturated carbocycles. The highest BCUT2D eigenvalue weighted by Gasteiger charge is 2.25. The van der Waals surface area contributed by atoms with Gasteiger partial charge in [0.15, 0.2) is 17.2 Å². The van der Waals surface area contributed by atoms with Crippen molar-refractivity contribution in [3.05, 3.63) is 80.9 Å². The Labute approximate surface area is 189 Å². The van der Waals surface area contributed by atoms with Crippen LogP contribution in [0.5, 0.6) is 23.0 Å². The fraction of sp³-hybridized carbons (Fsp3) is 0.174. The Hall–Kier alpha value is -3.78. The molecule has 3 rings (SSSR count). The summed E-state index contributed by atoms with van der Waals surface area (Å²) in [5.74, 6) is 0.529. The second-order valence-corrected chi connectivity index (χ2v) is 7.16. The number of nitrogens with one attached hydrogen (secondary N) is 1. The quantitative estimate of drug-likeness (QED) is 0.329. The molecule has 0 aliphatic carbocycles. The van der Waals surface area contributed by atoms with Crippen LogP contribution in [0.4, 0.5) is 11.4 Å². The Morgan fingerprint density at radius 3 is 2.41 bits per heavy atom. The van der Waals surface area contributed by atoms with Crippen molar-refractivity contribution in [2.24, 2.45) is 0 Å². The third-order valence-corrected chi connectivity index (χ3v) is 4.70. The smallest absolute Gasteiger partial charge is 0.286 e. The minimum atomic E-state index is -0.726. The second kappa shape index (κ2) is 10.0. The molecule has 0 bridgehead atoms. The summed E-state index contributed by atoms with van der Waals surface area (Å²) < 4.78 is 16.5. The molecule has 0 aliphatic heterocycles. The number of aryl methyl sites for hydroxylation is 1. The van der Waals surface area contributed by atoms with Gasteiger partial charge in [0.2, 0.25) is 0 Å². The molecule has 0 saturated heterocycles. The molecule has 0 spiro atoms. The fourth-order valence-electron chi connectivity index (χ4n) is 2.92. The van der Waals surface area contributed by atoms with Gasteiger partial charge < -0.3 is 19.5 Å². The lowest BCUT2D eigenvalue weighted by Gasteiger charge is -2.14. The molecule has 1 amide bonds. The van der Waals surface area contributed by atoms with Crippen molar-refractivity contribution in [1.29, 1.82) is 0 Å². The predicted octanol–water partition coefficient (Wildman–Crippen LogP) is 6.01. The van der Waals surface area contributed by atoms with Crippen molar-refractivity contribution in [2.45, 2.75) is 13.8 Å². The predicted molar refractivity (Wildman–Crippen MR) is 121 cm³/mol. The molecule has 3 aromatic carbocycles. The Bertz CT molecular complexity index is 1150. The second-order valence-electron chi connectivity index (χ2n) is 6.72. The molecule has 1 N–H and O–H groups in total. The zero-order valence-corrected chi connectivity index (χ0v) is 18.4. The number of nitro benzene ring substituents is 1. The summed E-state index contributed by atoms with van der Waals surface area (Å²) in [5.41, 5.74) is 0.705. The van der Waals surface area contributed by atoms with Crippen LogP contribution in [-0.2, 0) is 0 Å². The van der Waals surface area contributed by atoms with E-state index in [-0.39, 0.29) is 29.4 Å². The number of anilines is 1. The van der Waals surface area contributed by atoms with Gasteiger partial charge in [-0.25, -0.2) is 0 Å². The van der Waals surface area contributed by atoms with Crippen LogP contribution in [-0.4, -0.2) is 24.5 Å². The number of benzene rings is 3. The standard InChI is InChI=1S/C23H21ClN2O6/c1-4-31-22-12-17(19(26(28)29)13-21(22)30-3)23(27)25-18-11-15(24)7-10-20(18)32-16-8-5-14(2)6-9-16/h5-13H,4H2,1-3H3,(H,25,27). The maximum atomic E-state index is 13.0. The maximum absolute atomic E-state index is 13.0. The van der Waals surface area contributed by atoms with Gasteiger partial charge in [-0.2, -0.15) is 0 Å². The highest BCUT2D eigenvalue weighted by Crippen LogP contribution is 2.37. The van der Waals surface area contributed by atoms with E-state index in [1.165, 1.54) is 19.2 Å². The number of ether oxygens (including phenoxy) is 3. The molecule has 9 heteroatoms. The Morgan fingerprint density at radius 1 is 1.06 bits per heavy atom. The van der Waals surface area contributed by atoms with E-state index in [0.717, 1.165) is 11.6 Å². The normalized spacial score (nSPS) is 10.4. The van der Waals surface area contributed by atoms with Gasteiger partial charge in [-0.05, 0) is 44.2 Å². The Kier molecular flexibility index (Phi) is 7.17. The van der Waals surface area contributed by atoms with Crippen LogP contribution in [0.15, 0.2) is 54.6 Å². The lowest BCUT2D eigenvalue weighted by atomic mass is 10.1. The van der Waals surface area contributed by atoms with Crippen LogP contribution in [0, 0.1) is 17.0 Å². The third kappa shape index (κ3) is 5.28. The highest BCUT2D eigenvalue weighted by atomic mass is 35.5. The number of hydrogen-bond acceptors (Lipinski definition) is 6. The minimum Gasteiger partial charge on any atom is -0.493 e. The Morgan fingerprint density at radius 2 is 1.78 bits per heavy atom. The molecule has 0 heterocycles. The number of amides is 1. The lowest BCUT2D eigenvalue weighted by Crippen LogP contribution is -2.15. The summed E-state index contributed by atoms with van der Waals surface area (Å²) in [5, 5.41) is 14.6. The summed E-state index contributed by atoms with van der Waals surface area (Å²) in [7, 11) is 1.36. The topological polar surface area (TPSA) is 99.9 Å². The largest absolute Gasteiger partial charge is 0.493 e. The number of nitro groups is 1. The van der Waals surface area contributed by atoms with Gasteiger partial charge in [0.25, 0.3) is 11.6 Å². The summed E-state index contributed by atoms with van der Waals surface area (Å²) in [6.45, 7) is 4.00. The van der Waals surface area contributed by atoms with E-state index in [1.54, 1.807) is 31.2 Å². The highest BCUT2D eigenvalue weighted by molar-refractivity contribution is 6.31. The van der Waals surface area contributed by atoms with E-state index >= 15 is 0 Å². The van der Waals surface area contributed by atoms with E-state index < -0.39 is 16.5 Å². The van der Waals surface area contributed by atoms with Crippen LogP contribution >= 0.6 is 11.6 Å². The molecule has 0 fully saturated rings. The molecule has 3 aromatic rings. The van der Waals surface area contributed by atoms with E-state index in [4.69, 9.17) is 25.8 Å². The number of halogens is 1. The first-order valence-corrected chi connectivity index (χ1v) is 10.0. The van der Waals surface area contributed by atoms with Crippen molar-refractivity contribution in [2.75, 3.05) is 19.0 Å². The van der Waals surface area contributed by atoms with E-state index in [1.807, 2.05) is 19.1 Å². The third-order valence-electron chi connectivity index (χ3n) is 4.46. The van der Waals surface area contributed by atoms with Crippen molar-refractivity contribution >= 4 is 28.9 Å². The number of carbonyl (C=O) groups is 1. The SMILES string of the molecule is CCOc1cc(C(=O)Nc2cc(Cl)ccc2Oc2ccc(C)cc2)c([N+](=O)[O-])cc1OC. The van der Waals surface area contributed by atoms with Crippen molar-refractivity contribution in [3.8, 4) is 23.0 Å². The van der Waals surface area contributed by atoms with E-state index in [2.05, 4.69) is 5.32 Å². The zero-order chi connectivity index (χ0) is 23.3. The van der Waals surface area contributed by atoms with Gasteiger partial charge in [-0.1, -0.05) is 29.3 Å². The summed E-state index contributed by atoms with van der Waals surface area (Å²) in [6.07, 6.45) is 0. The summed E-state index contributed by atoms with van der Waals surface area (Å²) in [4.78, 5) is 24.0. The molecule has 32 heavy (non-hydrogen) atoms. The van der Waals surface area contributed by atoms with Crippen LogP contribution in [0.25, 0.3) is 0 Å². The number of carbonyl (C=O) groups excluding carboxylic acids is 1. The molecule has 0 aliphatic rings. The monoisotopic (exact) mass is 456 g/mol. The van der Waals surface area contributed by atoms with Crippen LogP contribution in [0.1, 0.15) is 22.8 Å². The Balaban J connectivity index is 1.97. The minimum absolute atomic E-state index is 0.154. The number of methoxy groups -OCH3 is 1. The first-order chi connectivity index (χ1) is 15.3. The summed E-state index contributed by atoms with van der Waals surface area (Å²) >= 11 is 6.11. The lowest BCUT2D eigenvalue weighted by molar-refractivity contribution is -0.385. The van der Waals surface area contributed by atoms with Crippen molar-refractivity contribution in [1.82, 2.24) is 0 Å². The average molecular weight is 457 g/mol. The molecule has 0 radical (unpaired) electrons. The van der Waals surface area contributed by atoms with E-state index in [9.17, 15) is 14.9 Å². The van der Waals surface area contributed by atoms with Gasteiger partial charge in [0.05, 0.1) is 30.4 Å². The van der Waals surface area contributed by atoms with Crippen LogP contribution in [0.3, 0.4) is 0 Å². The van der Waals surface area contributed by atoms with Gasteiger partial charge >= 0.3 is 0 Å². The van der Waals surface area contributed by atoms with Crippen LogP contribution in [0.2, 0.25) is 5.02 Å². The average Bonchev–Trinajstić information content (AvgIpc) is 2.76. The molecule has 0 aromatic heterocycles. The molecule has 0 atom stereocenters. The van der Waals surface area contributed by atoms with E-state index in [0.29, 0.717) is 16.5 Å². The van der Waals surface area contributed by atoms with Crippen molar-refractivity contribution in [3.63, 3.8) is 0 Å². The number of hydrogen-bond donors (Lipinski definition) is 1. The number of rotatable bonds is 8. The first-order valence-electron chi connectivity index (χ1n) is 9.67. The van der Waals surface area contributed by atoms with Crippen LogP contribution < -0.4 is 19.5 Å². The molecular formula is C23H21ClN2O6.